The number of amides is 3. The van der Waals surface area contributed by atoms with Gasteiger partial charge in [-0.2, -0.15) is 0 Å². The molecule has 1 aliphatic heterocycles. The summed E-state index contributed by atoms with van der Waals surface area (Å²) in [7, 11) is 0. The van der Waals surface area contributed by atoms with Crippen LogP contribution in [0.2, 0.25) is 0 Å². The molecule has 10 heteroatoms. The van der Waals surface area contributed by atoms with Gasteiger partial charge in [0, 0.05) is 35.3 Å². The van der Waals surface area contributed by atoms with Gasteiger partial charge in [-0.05, 0) is 55.5 Å². The Balaban J connectivity index is 1.24. The number of furan rings is 1. The number of fused-ring (bicyclic) bond motifs is 1. The molecule has 4 aromatic rings. The number of benzene rings is 2. The molecule has 0 unspecified atom stereocenters. The summed E-state index contributed by atoms with van der Waals surface area (Å²) in [5, 5.41) is 13.0. The number of nitrogens with zero attached hydrogens (tertiary/aromatic N) is 2. The molecule has 2 atom stereocenters. The van der Waals surface area contributed by atoms with Gasteiger partial charge in [-0.25, -0.2) is 5.48 Å². The van der Waals surface area contributed by atoms with E-state index in [0.29, 0.717) is 17.9 Å². The van der Waals surface area contributed by atoms with Crippen molar-refractivity contribution in [1.82, 2.24) is 20.7 Å². The number of carbonyl (C=O) groups is 3. The van der Waals surface area contributed by atoms with Gasteiger partial charge in [-0.15, -0.1) is 0 Å². The van der Waals surface area contributed by atoms with Crippen molar-refractivity contribution >= 4 is 28.6 Å². The number of carbonyl (C=O) groups excluding carboxylic acids is 3. The van der Waals surface area contributed by atoms with E-state index in [1.54, 1.807) is 35.8 Å². The summed E-state index contributed by atoms with van der Waals surface area (Å²) in [6, 6.07) is 18.9. The number of nitrogens with one attached hydrogen (secondary N) is 2. The summed E-state index contributed by atoms with van der Waals surface area (Å²) in [5.74, 6) is -1.61. The molecule has 2 aromatic heterocycles. The number of likely N-dealkylation sites (tertiary alicyclic amines) is 1. The highest BCUT2D eigenvalue weighted by molar-refractivity contribution is 5.96. The molecule has 10 nitrogen and oxygen atoms in total. The largest absolute Gasteiger partial charge is 0.489 e. The minimum Gasteiger partial charge on any atom is -0.489 e. The van der Waals surface area contributed by atoms with Crippen LogP contribution in [0.25, 0.3) is 10.9 Å². The topological polar surface area (TPSA) is 134 Å². The van der Waals surface area contributed by atoms with Gasteiger partial charge in [-0.3, -0.25) is 24.6 Å². The van der Waals surface area contributed by atoms with Gasteiger partial charge >= 0.3 is 0 Å². The fraction of sp³-hybridized carbons (Fsp3) is 0.214. The normalized spacial score (nSPS) is 16.8. The van der Waals surface area contributed by atoms with Crippen LogP contribution in [0.5, 0.6) is 5.75 Å². The van der Waals surface area contributed by atoms with Crippen LogP contribution in [0.1, 0.15) is 32.2 Å². The number of hydroxylamine groups is 1. The van der Waals surface area contributed by atoms with Crippen molar-refractivity contribution in [2.24, 2.45) is 5.92 Å². The van der Waals surface area contributed by atoms with Crippen molar-refractivity contribution in [3.63, 3.8) is 0 Å². The number of rotatable bonds is 7. The summed E-state index contributed by atoms with van der Waals surface area (Å²) < 4.78 is 11.1. The molecule has 194 valence electrons. The van der Waals surface area contributed by atoms with E-state index in [0.717, 1.165) is 22.2 Å². The molecule has 2 aromatic carbocycles. The van der Waals surface area contributed by atoms with Gasteiger partial charge in [0.2, 0.25) is 5.91 Å². The lowest BCUT2D eigenvalue weighted by Gasteiger charge is -2.18. The maximum Gasteiger partial charge on any atom is 0.289 e. The van der Waals surface area contributed by atoms with Crippen LogP contribution in [-0.4, -0.2) is 51.9 Å². The lowest BCUT2D eigenvalue weighted by atomic mass is 10.0. The number of para-hydroxylation sites is 1. The van der Waals surface area contributed by atoms with Crippen LogP contribution in [0.15, 0.2) is 77.4 Å². The molecule has 1 saturated heterocycles. The van der Waals surface area contributed by atoms with Crippen LogP contribution < -0.4 is 15.5 Å². The second kappa shape index (κ2) is 10.7. The molecule has 0 saturated carbocycles. The molecule has 3 heterocycles. The van der Waals surface area contributed by atoms with Crippen LogP contribution in [0, 0.1) is 12.8 Å². The summed E-state index contributed by atoms with van der Waals surface area (Å²) in [4.78, 5) is 43.8. The lowest BCUT2D eigenvalue weighted by molar-refractivity contribution is -0.133. The SMILES string of the molecule is Cc1cc(COc2ccc(C(=O)N[C@@H]3CN(C(=O)c4ccco4)C[C@@H]3C(=O)NO)cc2)c2ccccc2n1. The first-order chi connectivity index (χ1) is 18.4. The molecule has 1 fully saturated rings. The number of aromatic nitrogens is 1. The van der Waals surface area contributed by atoms with Crippen molar-refractivity contribution in [2.45, 2.75) is 19.6 Å². The van der Waals surface area contributed by atoms with Gasteiger partial charge in [0.1, 0.15) is 12.4 Å². The Morgan fingerprint density at radius 3 is 2.61 bits per heavy atom. The van der Waals surface area contributed by atoms with Crippen LogP contribution in [0.4, 0.5) is 0 Å². The number of hydrogen-bond donors (Lipinski definition) is 3. The van der Waals surface area contributed by atoms with Gasteiger partial charge in [0.05, 0.1) is 23.7 Å². The third-order valence-electron chi connectivity index (χ3n) is 6.54. The zero-order valence-corrected chi connectivity index (χ0v) is 20.6. The summed E-state index contributed by atoms with van der Waals surface area (Å²) in [6.07, 6.45) is 1.38. The maximum absolute atomic E-state index is 13.0. The third kappa shape index (κ3) is 5.21. The lowest BCUT2D eigenvalue weighted by Crippen LogP contribution is -2.45. The van der Waals surface area contributed by atoms with E-state index in [9.17, 15) is 14.4 Å². The quantitative estimate of drug-likeness (QED) is 0.255. The number of hydrogen-bond acceptors (Lipinski definition) is 7. The average molecular weight is 515 g/mol. The minimum absolute atomic E-state index is 0.0206. The third-order valence-corrected chi connectivity index (χ3v) is 6.54. The molecular formula is C28H26N4O6. The summed E-state index contributed by atoms with van der Waals surface area (Å²) >= 11 is 0. The monoisotopic (exact) mass is 514 g/mol. The second-order valence-corrected chi connectivity index (χ2v) is 9.10. The second-order valence-electron chi connectivity index (χ2n) is 9.10. The van der Waals surface area contributed by atoms with Crippen LogP contribution in [-0.2, 0) is 11.4 Å². The Bertz CT molecular complexity index is 1470. The average Bonchev–Trinajstić information content (AvgIpc) is 3.62. The predicted molar refractivity (Wildman–Crippen MR) is 137 cm³/mol. The molecule has 38 heavy (non-hydrogen) atoms. The van der Waals surface area contributed by atoms with Crippen molar-refractivity contribution < 1.29 is 28.7 Å². The molecular weight excluding hydrogens is 488 g/mol. The molecule has 3 amide bonds. The van der Waals surface area contributed by atoms with E-state index in [-0.39, 0.29) is 18.8 Å². The number of pyridine rings is 1. The van der Waals surface area contributed by atoms with Crippen LogP contribution in [0.3, 0.4) is 0 Å². The molecule has 0 bridgehead atoms. The Hall–Kier alpha value is -4.70. The smallest absolute Gasteiger partial charge is 0.289 e. The van der Waals surface area contributed by atoms with Crippen molar-refractivity contribution in [1.29, 1.82) is 0 Å². The minimum atomic E-state index is -0.830. The highest BCUT2D eigenvalue weighted by Gasteiger charge is 2.41. The van der Waals surface area contributed by atoms with Gasteiger partial charge < -0.3 is 19.4 Å². The maximum atomic E-state index is 13.0. The van der Waals surface area contributed by atoms with Crippen molar-refractivity contribution in [3.05, 3.63) is 95.6 Å². The molecule has 0 radical (unpaired) electrons. The zero-order valence-electron chi connectivity index (χ0n) is 20.6. The molecule has 3 N–H and O–H groups in total. The van der Waals surface area contributed by atoms with Crippen LogP contribution >= 0.6 is 0 Å². The first-order valence-electron chi connectivity index (χ1n) is 12.1. The molecule has 0 aliphatic carbocycles. The molecule has 1 aliphatic rings. The molecule has 0 spiro atoms. The first kappa shape index (κ1) is 25.0. The number of aryl methyl sites for hydroxylation is 1. The van der Waals surface area contributed by atoms with E-state index >= 15 is 0 Å². The van der Waals surface area contributed by atoms with Gasteiger partial charge in [0.25, 0.3) is 11.8 Å². The fourth-order valence-corrected chi connectivity index (χ4v) is 4.65. The summed E-state index contributed by atoms with van der Waals surface area (Å²) in [6.45, 7) is 2.39. The highest BCUT2D eigenvalue weighted by atomic mass is 16.5. The molecule has 5 rings (SSSR count). The standard InChI is InChI=1S/C28H26N4O6/c1-17-13-19(21-5-2-3-6-23(21)29-17)16-38-20-10-8-18(9-11-20)26(33)30-24-15-32(14-22(24)27(34)31-36)28(35)25-7-4-12-37-25/h2-13,22,24,36H,14-16H2,1H3,(H,30,33)(H,31,34)/t22-,24+/m0/s1. The Kier molecular flexibility index (Phi) is 7.05. The highest BCUT2D eigenvalue weighted by Crippen LogP contribution is 2.23. The van der Waals surface area contributed by atoms with E-state index in [4.69, 9.17) is 14.4 Å². The van der Waals surface area contributed by atoms with Gasteiger partial charge in [0.15, 0.2) is 5.76 Å². The fourth-order valence-electron chi connectivity index (χ4n) is 4.65. The van der Waals surface area contributed by atoms with E-state index in [1.807, 2.05) is 37.3 Å². The zero-order chi connectivity index (χ0) is 26.6. The van der Waals surface area contributed by atoms with Crippen molar-refractivity contribution in [2.75, 3.05) is 13.1 Å². The van der Waals surface area contributed by atoms with Crippen molar-refractivity contribution in [3.8, 4) is 5.75 Å². The van der Waals surface area contributed by atoms with E-state index in [1.165, 1.54) is 17.2 Å². The van der Waals surface area contributed by atoms with Gasteiger partial charge in [-0.1, -0.05) is 18.2 Å². The Morgan fingerprint density at radius 1 is 1.08 bits per heavy atom. The summed E-state index contributed by atoms with van der Waals surface area (Å²) in [5.41, 5.74) is 4.80. The Morgan fingerprint density at radius 2 is 1.87 bits per heavy atom. The predicted octanol–water partition coefficient (Wildman–Crippen LogP) is 3.09. The first-order valence-corrected chi connectivity index (χ1v) is 12.1. The van der Waals surface area contributed by atoms with E-state index < -0.39 is 29.7 Å². The van der Waals surface area contributed by atoms with E-state index in [2.05, 4.69) is 10.3 Å². The Labute approximate surface area is 218 Å². The number of ether oxygens (including phenoxy) is 1.